The SMILES string of the molecule is Cc1ncc(C(=O)N2CCC(c3ccc(C(=O)Nc4ccc(F)cc4)cn3)CC2)c(C)n1. The van der Waals surface area contributed by atoms with Gasteiger partial charge in [0.25, 0.3) is 11.8 Å². The zero-order valence-electron chi connectivity index (χ0n) is 18.0. The number of carbonyl (C=O) groups is 2. The van der Waals surface area contributed by atoms with E-state index in [0.29, 0.717) is 41.4 Å². The fourth-order valence-electron chi connectivity index (χ4n) is 3.86. The van der Waals surface area contributed by atoms with Crippen molar-refractivity contribution in [1.82, 2.24) is 19.9 Å². The van der Waals surface area contributed by atoms with Crippen molar-refractivity contribution in [3.63, 3.8) is 0 Å². The molecule has 3 heterocycles. The molecule has 1 aromatic carbocycles. The fraction of sp³-hybridized carbons (Fsp3) is 0.292. The lowest BCUT2D eigenvalue weighted by Gasteiger charge is -2.32. The van der Waals surface area contributed by atoms with Gasteiger partial charge in [-0.15, -0.1) is 0 Å². The summed E-state index contributed by atoms with van der Waals surface area (Å²) in [6.07, 6.45) is 4.75. The Bertz CT molecular complexity index is 1120. The van der Waals surface area contributed by atoms with E-state index in [1.165, 1.54) is 24.3 Å². The highest BCUT2D eigenvalue weighted by Gasteiger charge is 2.26. The minimum Gasteiger partial charge on any atom is -0.338 e. The van der Waals surface area contributed by atoms with E-state index in [-0.39, 0.29) is 23.5 Å². The Labute approximate surface area is 185 Å². The van der Waals surface area contributed by atoms with Gasteiger partial charge in [0.1, 0.15) is 11.6 Å². The molecule has 1 saturated heterocycles. The van der Waals surface area contributed by atoms with E-state index in [1.54, 1.807) is 25.4 Å². The molecule has 0 unspecified atom stereocenters. The zero-order valence-corrected chi connectivity index (χ0v) is 18.0. The minimum atomic E-state index is -0.357. The van der Waals surface area contributed by atoms with Crippen LogP contribution in [0.5, 0.6) is 0 Å². The van der Waals surface area contributed by atoms with Crippen LogP contribution in [-0.4, -0.2) is 44.8 Å². The van der Waals surface area contributed by atoms with Crippen LogP contribution in [0.4, 0.5) is 10.1 Å². The molecule has 1 aliphatic heterocycles. The second kappa shape index (κ2) is 9.21. The summed E-state index contributed by atoms with van der Waals surface area (Å²) in [6, 6.07) is 9.20. The number of pyridine rings is 1. The third-order valence-electron chi connectivity index (χ3n) is 5.68. The standard InChI is InChI=1S/C24H24FN5O2/c1-15-21(14-26-16(2)28-15)24(32)30-11-9-17(10-12-30)22-8-3-18(13-27-22)23(31)29-20-6-4-19(25)5-7-20/h3-8,13-14,17H,9-12H2,1-2H3,(H,29,31). The van der Waals surface area contributed by atoms with Gasteiger partial charge in [-0.3, -0.25) is 14.6 Å². The second-order valence-corrected chi connectivity index (χ2v) is 7.92. The zero-order chi connectivity index (χ0) is 22.7. The predicted octanol–water partition coefficient (Wildman–Crippen LogP) is 3.90. The van der Waals surface area contributed by atoms with Crippen LogP contribution in [0.25, 0.3) is 0 Å². The Morgan fingerprint density at radius 3 is 2.34 bits per heavy atom. The molecule has 3 aromatic rings. The van der Waals surface area contributed by atoms with E-state index in [1.807, 2.05) is 17.9 Å². The average molecular weight is 433 g/mol. The molecule has 32 heavy (non-hydrogen) atoms. The van der Waals surface area contributed by atoms with Gasteiger partial charge in [-0.2, -0.15) is 0 Å². The van der Waals surface area contributed by atoms with Gasteiger partial charge in [-0.05, 0) is 63.1 Å². The minimum absolute atomic E-state index is 0.0401. The average Bonchev–Trinajstić information content (AvgIpc) is 2.80. The molecule has 2 aromatic heterocycles. The van der Waals surface area contributed by atoms with Gasteiger partial charge in [0.15, 0.2) is 0 Å². The van der Waals surface area contributed by atoms with E-state index in [2.05, 4.69) is 20.3 Å². The molecule has 0 radical (unpaired) electrons. The van der Waals surface area contributed by atoms with Gasteiger partial charge < -0.3 is 10.2 Å². The lowest BCUT2D eigenvalue weighted by atomic mass is 9.92. The molecule has 7 nitrogen and oxygen atoms in total. The quantitative estimate of drug-likeness (QED) is 0.674. The second-order valence-electron chi connectivity index (χ2n) is 7.92. The number of amides is 2. The number of nitrogens with zero attached hydrogens (tertiary/aromatic N) is 4. The summed E-state index contributed by atoms with van der Waals surface area (Å²) in [5.74, 6) is 0.180. The number of benzene rings is 1. The number of halogens is 1. The van der Waals surface area contributed by atoms with Crippen LogP contribution in [0.1, 0.15) is 56.7 Å². The monoisotopic (exact) mass is 433 g/mol. The topological polar surface area (TPSA) is 88.1 Å². The molecule has 0 atom stereocenters. The smallest absolute Gasteiger partial charge is 0.257 e. The summed E-state index contributed by atoms with van der Waals surface area (Å²) in [5, 5.41) is 2.73. The molecule has 1 fully saturated rings. The number of hydrogen-bond acceptors (Lipinski definition) is 5. The van der Waals surface area contributed by atoms with Crippen LogP contribution in [0.3, 0.4) is 0 Å². The van der Waals surface area contributed by atoms with Crippen LogP contribution < -0.4 is 5.32 Å². The number of rotatable bonds is 4. The Hall–Kier alpha value is -3.68. The van der Waals surface area contributed by atoms with Crippen molar-refractivity contribution in [2.24, 2.45) is 0 Å². The van der Waals surface area contributed by atoms with Crippen molar-refractivity contribution < 1.29 is 14.0 Å². The van der Waals surface area contributed by atoms with Crippen LogP contribution >= 0.6 is 0 Å². The number of aryl methyl sites for hydroxylation is 2. The van der Waals surface area contributed by atoms with Crippen LogP contribution in [0.2, 0.25) is 0 Å². The number of likely N-dealkylation sites (tertiary alicyclic amines) is 1. The van der Waals surface area contributed by atoms with Crippen molar-refractivity contribution in [3.05, 3.63) is 82.9 Å². The maximum absolute atomic E-state index is 13.0. The lowest BCUT2D eigenvalue weighted by Crippen LogP contribution is -2.38. The van der Waals surface area contributed by atoms with E-state index < -0.39 is 0 Å². The van der Waals surface area contributed by atoms with Crippen LogP contribution in [-0.2, 0) is 0 Å². The maximum atomic E-state index is 13.0. The first-order valence-corrected chi connectivity index (χ1v) is 10.5. The third kappa shape index (κ3) is 4.80. The van der Waals surface area contributed by atoms with Crippen molar-refractivity contribution in [2.75, 3.05) is 18.4 Å². The summed E-state index contributed by atoms with van der Waals surface area (Å²) in [7, 11) is 0. The first kappa shape index (κ1) is 21.5. The summed E-state index contributed by atoms with van der Waals surface area (Å²) in [6.45, 7) is 4.89. The Kier molecular flexibility index (Phi) is 6.20. The molecule has 0 bridgehead atoms. The molecule has 8 heteroatoms. The van der Waals surface area contributed by atoms with E-state index in [4.69, 9.17) is 0 Å². The van der Waals surface area contributed by atoms with Gasteiger partial charge in [-0.1, -0.05) is 0 Å². The number of anilines is 1. The number of nitrogens with one attached hydrogen (secondary N) is 1. The van der Waals surface area contributed by atoms with Crippen LogP contribution in [0, 0.1) is 19.7 Å². The molecule has 2 amide bonds. The summed E-state index contributed by atoms with van der Waals surface area (Å²) < 4.78 is 13.0. The fourth-order valence-corrected chi connectivity index (χ4v) is 3.86. The maximum Gasteiger partial charge on any atom is 0.257 e. The first-order chi connectivity index (χ1) is 15.4. The van der Waals surface area contributed by atoms with Gasteiger partial charge in [0, 0.05) is 42.8 Å². The van der Waals surface area contributed by atoms with Crippen molar-refractivity contribution in [2.45, 2.75) is 32.6 Å². The third-order valence-corrected chi connectivity index (χ3v) is 5.68. The Morgan fingerprint density at radius 1 is 1.00 bits per heavy atom. The van der Waals surface area contributed by atoms with Gasteiger partial charge >= 0.3 is 0 Å². The summed E-state index contributed by atoms with van der Waals surface area (Å²) >= 11 is 0. The largest absolute Gasteiger partial charge is 0.338 e. The highest BCUT2D eigenvalue weighted by molar-refractivity contribution is 6.04. The number of piperidine rings is 1. The molecule has 164 valence electrons. The molecular weight excluding hydrogens is 409 g/mol. The molecule has 0 spiro atoms. The first-order valence-electron chi connectivity index (χ1n) is 10.5. The van der Waals surface area contributed by atoms with E-state index in [0.717, 1.165) is 18.5 Å². The summed E-state index contributed by atoms with van der Waals surface area (Å²) in [5.41, 5.74) is 3.10. The molecule has 1 aliphatic rings. The lowest BCUT2D eigenvalue weighted by molar-refractivity contribution is 0.0710. The number of hydrogen-bond donors (Lipinski definition) is 1. The van der Waals surface area contributed by atoms with Crippen molar-refractivity contribution >= 4 is 17.5 Å². The predicted molar refractivity (Wildman–Crippen MR) is 118 cm³/mol. The molecule has 1 N–H and O–H groups in total. The molecule has 0 saturated carbocycles. The van der Waals surface area contributed by atoms with Crippen LogP contribution in [0.15, 0.2) is 48.8 Å². The summed E-state index contributed by atoms with van der Waals surface area (Å²) in [4.78, 5) is 40.0. The highest BCUT2D eigenvalue weighted by Crippen LogP contribution is 2.27. The van der Waals surface area contributed by atoms with Crippen molar-refractivity contribution in [1.29, 1.82) is 0 Å². The van der Waals surface area contributed by atoms with E-state index >= 15 is 0 Å². The number of aromatic nitrogens is 3. The molecule has 4 rings (SSSR count). The van der Waals surface area contributed by atoms with Gasteiger partial charge in [0.05, 0.1) is 16.8 Å². The molecular formula is C24H24FN5O2. The van der Waals surface area contributed by atoms with Gasteiger partial charge in [-0.25, -0.2) is 14.4 Å². The normalized spacial score (nSPS) is 14.3. The molecule has 0 aliphatic carbocycles. The Balaban J connectivity index is 1.35. The van der Waals surface area contributed by atoms with E-state index in [9.17, 15) is 14.0 Å². The number of carbonyl (C=O) groups excluding carboxylic acids is 2. The van der Waals surface area contributed by atoms with Gasteiger partial charge in [0.2, 0.25) is 0 Å². The Morgan fingerprint density at radius 2 is 1.72 bits per heavy atom. The highest BCUT2D eigenvalue weighted by atomic mass is 19.1. The van der Waals surface area contributed by atoms with Crippen molar-refractivity contribution in [3.8, 4) is 0 Å².